The van der Waals surface area contributed by atoms with Crippen molar-refractivity contribution in [1.82, 2.24) is 9.97 Å². The van der Waals surface area contributed by atoms with Crippen LogP contribution < -0.4 is 16.2 Å². The van der Waals surface area contributed by atoms with E-state index in [1.807, 2.05) is 6.92 Å². The van der Waals surface area contributed by atoms with Gasteiger partial charge >= 0.3 is 0 Å². The largest absolute Gasteiger partial charge is 0.393 e. The molecule has 0 atom stereocenters. The molecular formula is C13H21N5O. The van der Waals surface area contributed by atoms with Gasteiger partial charge in [0.2, 0.25) is 0 Å². The third-order valence-electron chi connectivity index (χ3n) is 3.98. The lowest BCUT2D eigenvalue weighted by Crippen LogP contribution is -2.37. The molecule has 4 N–H and O–H groups in total. The molecule has 1 saturated heterocycles. The predicted molar refractivity (Wildman–Crippen MR) is 74.0 cm³/mol. The smallest absolute Gasteiger partial charge is 0.148 e. The molecule has 2 fully saturated rings. The second-order valence-corrected chi connectivity index (χ2v) is 5.52. The molecule has 19 heavy (non-hydrogen) atoms. The zero-order valence-corrected chi connectivity index (χ0v) is 11.3. The molecule has 0 spiro atoms. The summed E-state index contributed by atoms with van der Waals surface area (Å²) in [5, 5.41) is 9.60. The highest BCUT2D eigenvalue weighted by Crippen LogP contribution is 2.40. The Balaban J connectivity index is 1.92. The molecule has 6 nitrogen and oxygen atoms in total. The van der Waals surface area contributed by atoms with E-state index in [0.29, 0.717) is 5.92 Å². The highest BCUT2D eigenvalue weighted by atomic mass is 16.3. The molecule has 0 bridgehead atoms. The van der Waals surface area contributed by atoms with Crippen LogP contribution in [0, 0.1) is 6.92 Å². The second kappa shape index (κ2) is 4.94. The molecule has 1 aliphatic carbocycles. The number of aromatic nitrogens is 2. The number of piperidine rings is 1. The highest BCUT2D eigenvalue weighted by molar-refractivity contribution is 5.58. The van der Waals surface area contributed by atoms with Crippen molar-refractivity contribution in [2.45, 2.75) is 44.6 Å². The van der Waals surface area contributed by atoms with E-state index in [1.165, 1.54) is 12.8 Å². The van der Waals surface area contributed by atoms with Gasteiger partial charge < -0.3 is 15.4 Å². The van der Waals surface area contributed by atoms with Crippen molar-refractivity contribution in [3.8, 4) is 0 Å². The summed E-state index contributed by atoms with van der Waals surface area (Å²) < 4.78 is 0. The van der Waals surface area contributed by atoms with Gasteiger partial charge in [0.1, 0.15) is 17.5 Å². The van der Waals surface area contributed by atoms with Crippen LogP contribution in [0.15, 0.2) is 0 Å². The van der Waals surface area contributed by atoms with Crippen molar-refractivity contribution in [3.05, 3.63) is 11.4 Å². The van der Waals surface area contributed by atoms with Crippen LogP contribution >= 0.6 is 0 Å². The van der Waals surface area contributed by atoms with Crippen LogP contribution in [0.4, 0.5) is 11.6 Å². The van der Waals surface area contributed by atoms with E-state index in [0.717, 1.165) is 49.0 Å². The third-order valence-corrected chi connectivity index (χ3v) is 3.98. The second-order valence-electron chi connectivity index (χ2n) is 5.52. The molecule has 1 aromatic heterocycles. The van der Waals surface area contributed by atoms with Gasteiger partial charge in [-0.05, 0) is 32.6 Å². The molecule has 0 aromatic carbocycles. The minimum absolute atomic E-state index is 0.173. The van der Waals surface area contributed by atoms with Gasteiger partial charge in [0, 0.05) is 24.6 Å². The van der Waals surface area contributed by atoms with Gasteiger partial charge in [0.25, 0.3) is 0 Å². The average Bonchev–Trinajstić information content (AvgIpc) is 3.25. The topological polar surface area (TPSA) is 87.3 Å². The van der Waals surface area contributed by atoms with E-state index in [1.54, 1.807) is 0 Å². The van der Waals surface area contributed by atoms with Gasteiger partial charge in [-0.3, -0.25) is 0 Å². The number of nitrogens with zero attached hydrogens (tertiary/aromatic N) is 3. The number of nitrogens with one attached hydrogen (secondary N) is 1. The Morgan fingerprint density at radius 1 is 1.21 bits per heavy atom. The van der Waals surface area contributed by atoms with E-state index in [4.69, 9.17) is 10.8 Å². The minimum atomic E-state index is -0.173. The summed E-state index contributed by atoms with van der Waals surface area (Å²) in [4.78, 5) is 11.5. The fourth-order valence-electron chi connectivity index (χ4n) is 2.57. The monoisotopic (exact) mass is 263 g/mol. The number of anilines is 2. The van der Waals surface area contributed by atoms with Gasteiger partial charge in [-0.1, -0.05) is 0 Å². The first-order valence-electron chi connectivity index (χ1n) is 6.97. The average molecular weight is 263 g/mol. The number of aliphatic hydroxyl groups is 1. The molecular weight excluding hydrogens is 242 g/mol. The lowest BCUT2D eigenvalue weighted by molar-refractivity contribution is 0.145. The van der Waals surface area contributed by atoms with E-state index in [9.17, 15) is 5.11 Å². The lowest BCUT2D eigenvalue weighted by atomic mass is 10.1. The number of aliphatic hydroxyl groups excluding tert-OH is 1. The van der Waals surface area contributed by atoms with E-state index < -0.39 is 0 Å². The first-order chi connectivity index (χ1) is 9.19. The minimum Gasteiger partial charge on any atom is -0.393 e. The quantitative estimate of drug-likeness (QED) is 0.555. The Labute approximate surface area is 113 Å². The normalized spacial score (nSPS) is 20.7. The fraction of sp³-hybridized carbons (Fsp3) is 0.692. The Kier molecular flexibility index (Phi) is 3.28. The van der Waals surface area contributed by atoms with Crippen LogP contribution in [-0.2, 0) is 0 Å². The van der Waals surface area contributed by atoms with Crippen molar-refractivity contribution in [2.75, 3.05) is 23.4 Å². The summed E-state index contributed by atoms with van der Waals surface area (Å²) in [6.45, 7) is 3.67. The zero-order chi connectivity index (χ0) is 13.4. The van der Waals surface area contributed by atoms with Gasteiger partial charge in [0.15, 0.2) is 0 Å². The summed E-state index contributed by atoms with van der Waals surface area (Å²) in [6.07, 6.45) is 3.77. The molecule has 1 saturated carbocycles. The number of nitrogens with two attached hydrogens (primary N) is 1. The maximum Gasteiger partial charge on any atom is 0.148 e. The number of hydrazine groups is 1. The van der Waals surface area contributed by atoms with Crippen LogP contribution in [0.2, 0.25) is 0 Å². The highest BCUT2D eigenvalue weighted by Gasteiger charge is 2.29. The first kappa shape index (κ1) is 12.6. The van der Waals surface area contributed by atoms with E-state index >= 15 is 0 Å². The van der Waals surface area contributed by atoms with Crippen molar-refractivity contribution < 1.29 is 5.11 Å². The lowest BCUT2D eigenvalue weighted by Gasteiger charge is -2.32. The van der Waals surface area contributed by atoms with E-state index in [-0.39, 0.29) is 6.10 Å². The van der Waals surface area contributed by atoms with Crippen LogP contribution in [0.3, 0.4) is 0 Å². The van der Waals surface area contributed by atoms with Crippen molar-refractivity contribution >= 4 is 11.6 Å². The molecule has 1 aliphatic heterocycles. The Morgan fingerprint density at radius 3 is 2.47 bits per heavy atom. The fourth-order valence-corrected chi connectivity index (χ4v) is 2.57. The summed E-state index contributed by atoms with van der Waals surface area (Å²) in [5.74, 6) is 8.66. The SMILES string of the molecule is Cc1c(NN)nc(C2CC2)nc1N1CCC(O)CC1. The van der Waals surface area contributed by atoms with Gasteiger partial charge in [-0.25, -0.2) is 15.8 Å². The molecule has 0 unspecified atom stereocenters. The number of hydrogen-bond donors (Lipinski definition) is 3. The number of rotatable bonds is 3. The number of nitrogen functional groups attached to an aromatic ring is 1. The summed E-state index contributed by atoms with van der Waals surface area (Å²) in [7, 11) is 0. The maximum atomic E-state index is 9.60. The van der Waals surface area contributed by atoms with Crippen molar-refractivity contribution in [2.24, 2.45) is 5.84 Å². The molecule has 0 radical (unpaired) electrons. The van der Waals surface area contributed by atoms with Crippen molar-refractivity contribution in [3.63, 3.8) is 0 Å². The standard InChI is InChI=1S/C13H21N5O/c1-8-11(17-14)15-12(9-2-3-9)16-13(8)18-6-4-10(19)5-7-18/h9-10,19H,2-7,14H2,1H3,(H,15,16,17). The molecule has 2 heterocycles. The van der Waals surface area contributed by atoms with Gasteiger partial charge in [-0.2, -0.15) is 0 Å². The molecule has 1 aromatic rings. The molecule has 6 heteroatoms. The number of hydrogen-bond acceptors (Lipinski definition) is 6. The summed E-state index contributed by atoms with van der Waals surface area (Å²) >= 11 is 0. The van der Waals surface area contributed by atoms with Crippen molar-refractivity contribution in [1.29, 1.82) is 0 Å². The molecule has 104 valence electrons. The summed E-state index contributed by atoms with van der Waals surface area (Å²) in [6, 6.07) is 0. The summed E-state index contributed by atoms with van der Waals surface area (Å²) in [5.41, 5.74) is 3.67. The zero-order valence-electron chi connectivity index (χ0n) is 11.3. The predicted octanol–water partition coefficient (Wildman–Crippen LogP) is 0.909. The molecule has 0 amide bonds. The van der Waals surface area contributed by atoms with Crippen LogP contribution in [-0.4, -0.2) is 34.3 Å². The van der Waals surface area contributed by atoms with Gasteiger partial charge in [-0.15, -0.1) is 0 Å². The van der Waals surface area contributed by atoms with Crippen LogP contribution in [0.1, 0.15) is 43.0 Å². The van der Waals surface area contributed by atoms with Gasteiger partial charge in [0.05, 0.1) is 6.10 Å². The molecule has 3 rings (SSSR count). The Hall–Kier alpha value is -1.40. The third kappa shape index (κ3) is 2.50. The Bertz CT molecular complexity index is 466. The molecule has 2 aliphatic rings. The van der Waals surface area contributed by atoms with E-state index in [2.05, 4.69) is 15.3 Å². The van der Waals surface area contributed by atoms with Crippen LogP contribution in [0.25, 0.3) is 0 Å². The Morgan fingerprint density at radius 2 is 1.89 bits per heavy atom. The van der Waals surface area contributed by atoms with Crippen LogP contribution in [0.5, 0.6) is 0 Å². The maximum absolute atomic E-state index is 9.60. The first-order valence-corrected chi connectivity index (χ1v) is 6.97.